The Hall–Kier alpha value is -0.790. The largest absolute Gasteiger partial charge is 0.361 e. The third-order valence-corrected chi connectivity index (χ3v) is 2.40. The van der Waals surface area contributed by atoms with E-state index in [2.05, 4.69) is 5.16 Å². The van der Waals surface area contributed by atoms with Crippen LogP contribution in [0.1, 0.15) is 30.7 Å². The molecule has 60 valence electrons. The van der Waals surface area contributed by atoms with Crippen molar-refractivity contribution in [3.05, 3.63) is 17.5 Å². The van der Waals surface area contributed by atoms with E-state index in [1.54, 1.807) is 0 Å². The minimum Gasteiger partial charge on any atom is -0.361 e. The average molecular weight is 151 g/mol. The Morgan fingerprint density at radius 1 is 1.64 bits per heavy atom. The van der Waals surface area contributed by atoms with Crippen LogP contribution in [0.25, 0.3) is 0 Å². The number of hydrogen-bond donors (Lipinski definition) is 0. The van der Waals surface area contributed by atoms with Gasteiger partial charge >= 0.3 is 0 Å². The Labute approximate surface area is 66.6 Å². The molecule has 0 atom stereocenters. The van der Waals surface area contributed by atoms with Gasteiger partial charge in [-0.1, -0.05) is 24.4 Å². The van der Waals surface area contributed by atoms with E-state index in [-0.39, 0.29) is 0 Å². The van der Waals surface area contributed by atoms with E-state index in [0.717, 1.165) is 23.8 Å². The van der Waals surface area contributed by atoms with Gasteiger partial charge in [0.1, 0.15) is 5.76 Å². The van der Waals surface area contributed by atoms with E-state index < -0.39 is 0 Å². The zero-order valence-electron chi connectivity index (χ0n) is 6.84. The topological polar surface area (TPSA) is 26.0 Å². The highest BCUT2D eigenvalue weighted by atomic mass is 16.5. The average Bonchev–Trinajstić information content (AvgIpc) is 2.27. The van der Waals surface area contributed by atoms with Gasteiger partial charge in [-0.3, -0.25) is 0 Å². The lowest BCUT2D eigenvalue weighted by atomic mass is 9.82. The number of aromatic nitrogens is 1. The third kappa shape index (κ3) is 1.44. The van der Waals surface area contributed by atoms with Gasteiger partial charge in [0.25, 0.3) is 0 Å². The van der Waals surface area contributed by atoms with E-state index >= 15 is 0 Å². The number of hydrogen-bond acceptors (Lipinski definition) is 2. The fraction of sp³-hybridized carbons (Fsp3) is 0.667. The van der Waals surface area contributed by atoms with Crippen molar-refractivity contribution in [2.45, 2.75) is 32.6 Å². The summed E-state index contributed by atoms with van der Waals surface area (Å²) in [5.41, 5.74) is 1.13. The molecule has 0 spiro atoms. The molecule has 0 radical (unpaired) electrons. The van der Waals surface area contributed by atoms with Crippen LogP contribution in [0.5, 0.6) is 0 Å². The van der Waals surface area contributed by atoms with Gasteiger partial charge in [0.15, 0.2) is 0 Å². The zero-order chi connectivity index (χ0) is 7.68. The summed E-state index contributed by atoms with van der Waals surface area (Å²) < 4.78 is 4.98. The molecule has 0 saturated heterocycles. The highest BCUT2D eigenvalue weighted by Crippen LogP contribution is 2.29. The summed E-state index contributed by atoms with van der Waals surface area (Å²) in [5.74, 6) is 1.82. The maximum absolute atomic E-state index is 4.98. The lowest BCUT2D eigenvalue weighted by molar-refractivity contribution is 0.304. The summed E-state index contributed by atoms with van der Waals surface area (Å²) in [4.78, 5) is 0. The predicted octanol–water partition coefficient (Wildman–Crippen LogP) is 2.33. The molecule has 0 aromatic carbocycles. The SMILES string of the molecule is Cc1cc(CC2CCC2)no1. The number of rotatable bonds is 2. The Kier molecular flexibility index (Phi) is 1.68. The molecule has 2 nitrogen and oxygen atoms in total. The molecule has 0 aliphatic heterocycles. The molecule has 1 aromatic heterocycles. The van der Waals surface area contributed by atoms with Crippen LogP contribution in [-0.4, -0.2) is 5.16 Å². The van der Waals surface area contributed by atoms with Gasteiger partial charge in [-0.05, 0) is 19.3 Å². The lowest BCUT2D eigenvalue weighted by Gasteiger charge is -2.23. The zero-order valence-corrected chi connectivity index (χ0v) is 6.84. The van der Waals surface area contributed by atoms with Gasteiger partial charge in [0, 0.05) is 6.07 Å². The van der Waals surface area contributed by atoms with Crippen molar-refractivity contribution in [3.8, 4) is 0 Å². The van der Waals surface area contributed by atoms with Crippen LogP contribution in [0.4, 0.5) is 0 Å². The lowest BCUT2D eigenvalue weighted by Crippen LogP contribution is -2.13. The monoisotopic (exact) mass is 151 g/mol. The number of aryl methyl sites for hydroxylation is 1. The van der Waals surface area contributed by atoms with Crippen molar-refractivity contribution in [1.82, 2.24) is 5.16 Å². The molecule has 11 heavy (non-hydrogen) atoms. The van der Waals surface area contributed by atoms with E-state index in [4.69, 9.17) is 4.52 Å². The molecule has 0 N–H and O–H groups in total. The van der Waals surface area contributed by atoms with E-state index in [9.17, 15) is 0 Å². The normalized spacial score (nSPS) is 18.3. The Morgan fingerprint density at radius 3 is 2.91 bits per heavy atom. The summed E-state index contributed by atoms with van der Waals surface area (Å²) in [6, 6.07) is 2.04. The van der Waals surface area contributed by atoms with Gasteiger partial charge in [-0.2, -0.15) is 0 Å². The first-order valence-electron chi connectivity index (χ1n) is 4.27. The first-order chi connectivity index (χ1) is 5.34. The molecular formula is C9H13NO. The van der Waals surface area contributed by atoms with Crippen LogP contribution in [0.2, 0.25) is 0 Å². The smallest absolute Gasteiger partial charge is 0.133 e. The van der Waals surface area contributed by atoms with E-state index in [0.29, 0.717) is 0 Å². The van der Waals surface area contributed by atoms with Crippen molar-refractivity contribution in [2.75, 3.05) is 0 Å². The summed E-state index contributed by atoms with van der Waals surface area (Å²) in [5, 5.41) is 3.96. The first-order valence-corrected chi connectivity index (χ1v) is 4.27. The highest BCUT2D eigenvalue weighted by molar-refractivity contribution is 5.04. The molecule has 1 saturated carbocycles. The summed E-state index contributed by atoms with van der Waals surface area (Å²) in [7, 11) is 0. The maximum Gasteiger partial charge on any atom is 0.133 e. The second-order valence-electron chi connectivity index (χ2n) is 3.43. The minimum atomic E-state index is 0.888. The molecule has 0 bridgehead atoms. The first kappa shape index (κ1) is 6.89. The Bertz CT molecular complexity index is 237. The van der Waals surface area contributed by atoms with Crippen LogP contribution >= 0.6 is 0 Å². The summed E-state index contributed by atoms with van der Waals surface area (Å²) in [6.45, 7) is 1.94. The predicted molar refractivity (Wildman–Crippen MR) is 42.3 cm³/mol. The molecule has 0 unspecified atom stereocenters. The second kappa shape index (κ2) is 2.68. The van der Waals surface area contributed by atoms with Gasteiger partial charge in [-0.25, -0.2) is 0 Å². The molecular weight excluding hydrogens is 138 g/mol. The molecule has 1 fully saturated rings. The molecule has 1 aliphatic rings. The Balaban J connectivity index is 1.95. The van der Waals surface area contributed by atoms with Crippen molar-refractivity contribution < 1.29 is 4.52 Å². The minimum absolute atomic E-state index is 0.888. The van der Waals surface area contributed by atoms with E-state index in [1.807, 2.05) is 13.0 Å². The van der Waals surface area contributed by atoms with Gasteiger partial charge in [-0.15, -0.1) is 0 Å². The summed E-state index contributed by atoms with van der Waals surface area (Å²) in [6.07, 6.45) is 5.29. The van der Waals surface area contributed by atoms with Crippen LogP contribution < -0.4 is 0 Å². The fourth-order valence-electron chi connectivity index (χ4n) is 1.51. The van der Waals surface area contributed by atoms with Crippen LogP contribution in [0, 0.1) is 12.8 Å². The second-order valence-corrected chi connectivity index (χ2v) is 3.43. The molecule has 1 heterocycles. The van der Waals surface area contributed by atoms with Crippen molar-refractivity contribution >= 4 is 0 Å². The maximum atomic E-state index is 4.98. The number of nitrogens with zero attached hydrogens (tertiary/aromatic N) is 1. The van der Waals surface area contributed by atoms with Crippen molar-refractivity contribution in [3.63, 3.8) is 0 Å². The third-order valence-electron chi connectivity index (χ3n) is 2.40. The fourth-order valence-corrected chi connectivity index (χ4v) is 1.51. The van der Waals surface area contributed by atoms with Crippen molar-refractivity contribution in [2.24, 2.45) is 5.92 Å². The summed E-state index contributed by atoms with van der Waals surface area (Å²) >= 11 is 0. The van der Waals surface area contributed by atoms with Crippen LogP contribution in [-0.2, 0) is 6.42 Å². The molecule has 2 rings (SSSR count). The van der Waals surface area contributed by atoms with Crippen LogP contribution in [0.15, 0.2) is 10.6 Å². The Morgan fingerprint density at radius 2 is 2.45 bits per heavy atom. The van der Waals surface area contributed by atoms with Gasteiger partial charge < -0.3 is 4.52 Å². The van der Waals surface area contributed by atoms with Crippen molar-refractivity contribution in [1.29, 1.82) is 0 Å². The highest BCUT2D eigenvalue weighted by Gasteiger charge is 2.18. The standard InChI is InChI=1S/C9H13NO/c1-7-5-9(10-11-7)6-8-3-2-4-8/h5,8H,2-4,6H2,1H3. The molecule has 1 aliphatic carbocycles. The quantitative estimate of drug-likeness (QED) is 0.648. The molecule has 0 amide bonds. The molecule has 1 aromatic rings. The van der Waals surface area contributed by atoms with Crippen LogP contribution in [0.3, 0.4) is 0 Å². The van der Waals surface area contributed by atoms with Gasteiger partial charge in [0.05, 0.1) is 5.69 Å². The van der Waals surface area contributed by atoms with Gasteiger partial charge in [0.2, 0.25) is 0 Å². The van der Waals surface area contributed by atoms with E-state index in [1.165, 1.54) is 19.3 Å². The molecule has 2 heteroatoms.